The molecule has 0 bridgehead atoms. The molecule has 1 saturated heterocycles. The molecule has 4 atom stereocenters. The van der Waals surface area contributed by atoms with Gasteiger partial charge in [0, 0.05) is 29.6 Å². The lowest BCUT2D eigenvalue weighted by molar-refractivity contribution is -0.136. The third-order valence-corrected chi connectivity index (χ3v) is 10.9. The Hall–Kier alpha value is -2.44. The Morgan fingerprint density at radius 2 is 1.38 bits per heavy atom. The van der Waals surface area contributed by atoms with E-state index in [1.807, 2.05) is 13.8 Å². The maximum atomic E-state index is 13.9. The number of aliphatic hydroxyl groups is 2. The number of nitrogens with zero attached hydrogens (tertiary/aromatic N) is 2. The summed E-state index contributed by atoms with van der Waals surface area (Å²) in [6.07, 6.45) is 2.15. The third kappa shape index (κ3) is 20.2. The second kappa shape index (κ2) is 30.6. The zero-order chi connectivity index (χ0) is 42.7. The van der Waals surface area contributed by atoms with Gasteiger partial charge in [-0.05, 0) is 26.2 Å². The van der Waals surface area contributed by atoms with Crippen molar-refractivity contribution in [3.05, 3.63) is 28.8 Å². The number of thioether (sulfide) groups is 2. The van der Waals surface area contributed by atoms with Gasteiger partial charge in [0.1, 0.15) is 5.44 Å². The summed E-state index contributed by atoms with van der Waals surface area (Å²) < 4.78 is 97.4. The highest BCUT2D eigenvalue weighted by Crippen LogP contribution is 2.39. The molecule has 0 saturated carbocycles. The first-order chi connectivity index (χ1) is 27.9. The first-order valence-corrected chi connectivity index (χ1v) is 20.8. The van der Waals surface area contributed by atoms with Gasteiger partial charge in [0.2, 0.25) is 11.6 Å². The highest BCUT2D eigenvalue weighted by Gasteiger charge is 2.39. The molecule has 0 aliphatic carbocycles. The van der Waals surface area contributed by atoms with Crippen LogP contribution in [0.2, 0.25) is 0 Å². The number of ether oxygens (including phenoxy) is 8. The summed E-state index contributed by atoms with van der Waals surface area (Å²) >= 11 is 2.52. The minimum absolute atomic E-state index is 0.00794. The number of aliphatic hydroxyl groups excluding tert-OH is 2. The fourth-order valence-electron chi connectivity index (χ4n) is 4.81. The van der Waals surface area contributed by atoms with Gasteiger partial charge < -0.3 is 54.0 Å². The van der Waals surface area contributed by atoms with E-state index in [0.717, 1.165) is 18.7 Å². The van der Waals surface area contributed by atoms with Gasteiger partial charge in [-0.3, -0.25) is 14.6 Å². The Morgan fingerprint density at radius 1 is 0.828 bits per heavy atom. The highest BCUT2D eigenvalue weighted by molar-refractivity contribution is 8.14. The second-order valence-corrected chi connectivity index (χ2v) is 15.5. The Balaban J connectivity index is 1.36. The van der Waals surface area contributed by atoms with Crippen molar-refractivity contribution in [2.45, 2.75) is 68.5 Å². The summed E-state index contributed by atoms with van der Waals surface area (Å²) in [5.74, 6) is -4.04. The van der Waals surface area contributed by atoms with Crippen molar-refractivity contribution < 1.29 is 75.3 Å². The number of aliphatic imine (C=N–C) groups is 1. The van der Waals surface area contributed by atoms with Gasteiger partial charge in [-0.25, -0.2) is 13.2 Å². The minimum atomic E-state index is -1.93. The Kier molecular flexibility index (Phi) is 27.2. The molecule has 0 spiro atoms. The van der Waals surface area contributed by atoms with Crippen LogP contribution in [0.3, 0.4) is 0 Å². The lowest BCUT2D eigenvalue weighted by Crippen LogP contribution is -2.44. The SMILES string of the molecule is Cc1c(F)c(F)c(F)c(OC(=O)CCOCCOCCOCCOCCOCCOCCN=CC(CCCO[C@H]2C[C@@H](SC(=O)C(C)C)[C@@H](O)[C@@H](CO)S2)=NN)c1F. The fraction of sp³-hybridized carbons (Fsp3) is 0.730. The number of carbonyl (C=O) groups is 2. The van der Waals surface area contributed by atoms with E-state index in [-0.39, 0.29) is 61.2 Å². The van der Waals surface area contributed by atoms with Crippen molar-refractivity contribution in [1.29, 1.82) is 0 Å². The van der Waals surface area contributed by atoms with Crippen LogP contribution in [0.1, 0.15) is 45.1 Å². The average molecular weight is 876 g/mol. The molecule has 4 N–H and O–H groups in total. The van der Waals surface area contributed by atoms with Crippen molar-refractivity contribution >= 4 is 46.5 Å². The maximum absolute atomic E-state index is 13.9. The summed E-state index contributed by atoms with van der Waals surface area (Å²) in [7, 11) is 0. The number of benzene rings is 1. The maximum Gasteiger partial charge on any atom is 0.313 e. The van der Waals surface area contributed by atoms with Gasteiger partial charge in [-0.1, -0.05) is 25.6 Å². The van der Waals surface area contributed by atoms with E-state index >= 15 is 0 Å². The van der Waals surface area contributed by atoms with E-state index in [1.54, 1.807) is 6.21 Å². The molecule has 0 unspecified atom stereocenters. The fourth-order valence-corrected chi connectivity index (χ4v) is 7.53. The van der Waals surface area contributed by atoms with Crippen LogP contribution in [0.5, 0.6) is 5.75 Å². The number of esters is 1. The van der Waals surface area contributed by atoms with Crippen molar-refractivity contribution in [3.63, 3.8) is 0 Å². The summed E-state index contributed by atoms with van der Waals surface area (Å²) in [5.41, 5.74) is -0.430. The molecule has 58 heavy (non-hydrogen) atoms. The molecule has 1 aromatic carbocycles. The van der Waals surface area contributed by atoms with E-state index < -0.39 is 51.9 Å². The molecule has 0 radical (unpaired) electrons. The van der Waals surface area contributed by atoms with E-state index in [4.69, 9.17) is 39.0 Å². The molecule has 2 rings (SSSR count). The third-order valence-electron chi connectivity index (χ3n) is 8.05. The molecule has 1 heterocycles. The molecule has 1 aliphatic heterocycles. The lowest BCUT2D eigenvalue weighted by Gasteiger charge is -2.37. The van der Waals surface area contributed by atoms with Crippen molar-refractivity contribution in [2.75, 3.05) is 99.0 Å². The normalized spacial score (nSPS) is 18.8. The first-order valence-electron chi connectivity index (χ1n) is 18.9. The number of hydrazone groups is 1. The molecule has 332 valence electrons. The van der Waals surface area contributed by atoms with Crippen LogP contribution < -0.4 is 10.6 Å². The monoisotopic (exact) mass is 875 g/mol. The Bertz CT molecular complexity index is 1390. The van der Waals surface area contributed by atoms with Crippen LogP contribution in [-0.2, 0) is 42.7 Å². The summed E-state index contributed by atoms with van der Waals surface area (Å²) in [6, 6.07) is 0. The minimum Gasteiger partial charge on any atom is -0.420 e. The molecular weight excluding hydrogens is 819 g/mol. The van der Waals surface area contributed by atoms with Crippen molar-refractivity contribution in [2.24, 2.45) is 21.9 Å². The summed E-state index contributed by atoms with van der Waals surface area (Å²) in [6.45, 7) is 8.65. The largest absolute Gasteiger partial charge is 0.420 e. The zero-order valence-corrected chi connectivity index (χ0v) is 34.8. The molecule has 15 nitrogen and oxygen atoms in total. The number of halogens is 4. The van der Waals surface area contributed by atoms with Gasteiger partial charge in [0.05, 0.1) is 116 Å². The van der Waals surface area contributed by atoms with E-state index in [9.17, 15) is 37.4 Å². The number of hydrogen-bond donors (Lipinski definition) is 3. The van der Waals surface area contributed by atoms with Gasteiger partial charge in [0.25, 0.3) is 0 Å². The number of hydrogen-bond acceptors (Lipinski definition) is 17. The zero-order valence-electron chi connectivity index (χ0n) is 33.2. The van der Waals surface area contributed by atoms with E-state index in [0.29, 0.717) is 91.0 Å². The standard InChI is InChI=1S/C37H57F4N3O12S2/c1-24(2)37(48)58-27-21-30(57-28(23-45)35(27)47)55-8-4-5-26(44-42)22-43-7-10-50-12-14-52-16-18-54-20-19-53-17-15-51-13-11-49-9-6-29(46)56-36-32(39)25(3)31(38)33(40)34(36)41/h22,24,27-28,30,35,45,47H,4-21,23,42H2,1-3H3/t27-,28-,30-,35-/m1/s1. The average Bonchev–Trinajstić information content (AvgIpc) is 3.21. The summed E-state index contributed by atoms with van der Waals surface area (Å²) in [5, 5.41) is 23.3. The Labute approximate surface area is 345 Å². The lowest BCUT2D eigenvalue weighted by atomic mass is 10.1. The van der Waals surface area contributed by atoms with E-state index in [1.165, 1.54) is 11.8 Å². The highest BCUT2D eigenvalue weighted by atomic mass is 32.2. The van der Waals surface area contributed by atoms with Crippen molar-refractivity contribution in [3.8, 4) is 5.75 Å². The molecule has 21 heteroatoms. The van der Waals surface area contributed by atoms with Gasteiger partial charge in [-0.15, -0.1) is 11.8 Å². The molecule has 0 amide bonds. The second-order valence-electron chi connectivity index (χ2n) is 12.9. The predicted molar refractivity (Wildman–Crippen MR) is 210 cm³/mol. The van der Waals surface area contributed by atoms with Crippen LogP contribution >= 0.6 is 23.5 Å². The quantitative estimate of drug-likeness (QED) is 0.0113. The van der Waals surface area contributed by atoms with Crippen LogP contribution in [0.25, 0.3) is 0 Å². The van der Waals surface area contributed by atoms with Crippen molar-refractivity contribution in [1.82, 2.24) is 0 Å². The van der Waals surface area contributed by atoms with Gasteiger partial charge in [-0.2, -0.15) is 9.49 Å². The Morgan fingerprint density at radius 3 is 1.91 bits per heavy atom. The van der Waals surface area contributed by atoms with Gasteiger partial charge in [0.15, 0.2) is 22.6 Å². The topological polar surface area (TPSA) is 199 Å². The predicted octanol–water partition coefficient (Wildman–Crippen LogP) is 3.60. The van der Waals surface area contributed by atoms with Crippen LogP contribution in [-0.4, -0.2) is 154 Å². The van der Waals surface area contributed by atoms with Crippen LogP contribution in [0.15, 0.2) is 10.1 Å². The number of carbonyl (C=O) groups excluding carboxylic acids is 2. The first kappa shape index (κ1) is 51.7. The summed E-state index contributed by atoms with van der Waals surface area (Å²) in [4.78, 5) is 28.3. The smallest absolute Gasteiger partial charge is 0.313 e. The molecule has 1 aliphatic rings. The van der Waals surface area contributed by atoms with Gasteiger partial charge >= 0.3 is 5.97 Å². The molecular formula is C37H57F4N3O12S2. The number of rotatable bonds is 31. The van der Waals surface area contributed by atoms with Crippen LogP contribution in [0, 0.1) is 36.1 Å². The van der Waals surface area contributed by atoms with Crippen LogP contribution in [0.4, 0.5) is 17.6 Å². The molecule has 1 fully saturated rings. The van der Waals surface area contributed by atoms with E-state index in [2.05, 4.69) is 14.8 Å². The molecule has 1 aromatic rings. The number of nitrogens with two attached hydrogens (primary N) is 1. The molecule has 0 aromatic heterocycles.